The first kappa shape index (κ1) is 12.3. The van der Waals surface area contributed by atoms with Crippen LogP contribution in [0.3, 0.4) is 0 Å². The first-order valence-electron chi connectivity index (χ1n) is 6.73. The van der Waals surface area contributed by atoms with E-state index in [0.29, 0.717) is 6.04 Å². The van der Waals surface area contributed by atoms with Crippen LogP contribution in [0.1, 0.15) is 32.1 Å². The summed E-state index contributed by atoms with van der Waals surface area (Å²) in [5, 5.41) is 9.88. The maximum atomic E-state index is 9.88. The minimum atomic E-state index is -0.0729. The Hall–Kier alpha value is -0.120. The molecule has 0 spiro atoms. The summed E-state index contributed by atoms with van der Waals surface area (Å²) in [6, 6.07) is 0.430. The van der Waals surface area contributed by atoms with E-state index in [1.54, 1.807) is 0 Å². The molecule has 1 saturated carbocycles. The van der Waals surface area contributed by atoms with Gasteiger partial charge in [-0.05, 0) is 65.2 Å². The molecule has 0 radical (unpaired) electrons. The second kappa shape index (κ2) is 5.48. The minimum absolute atomic E-state index is 0.0729. The fraction of sp³-hybridized carbons (Fsp3) is 1.00. The lowest BCUT2D eigenvalue weighted by molar-refractivity contribution is 0.0683. The molecule has 1 aliphatic carbocycles. The molecule has 1 aliphatic heterocycles. The van der Waals surface area contributed by atoms with Crippen LogP contribution in [0.15, 0.2) is 0 Å². The van der Waals surface area contributed by atoms with Gasteiger partial charge in [-0.2, -0.15) is 0 Å². The number of likely N-dealkylation sites (N-methyl/N-ethyl adjacent to an activating group) is 1. The molecule has 1 N–H and O–H groups in total. The van der Waals surface area contributed by atoms with Crippen LogP contribution in [-0.2, 0) is 0 Å². The van der Waals surface area contributed by atoms with E-state index in [4.69, 9.17) is 0 Å². The van der Waals surface area contributed by atoms with Crippen LogP contribution in [0.5, 0.6) is 0 Å². The van der Waals surface area contributed by atoms with Crippen LogP contribution in [0.2, 0.25) is 0 Å². The fourth-order valence-electron chi connectivity index (χ4n) is 3.22. The van der Waals surface area contributed by atoms with Crippen molar-refractivity contribution in [2.75, 3.05) is 33.7 Å². The Bertz CT molecular complexity index is 214. The summed E-state index contributed by atoms with van der Waals surface area (Å²) in [6.45, 7) is 3.66. The lowest BCUT2D eigenvalue weighted by atomic mass is 9.96. The van der Waals surface area contributed by atoms with Crippen LogP contribution in [-0.4, -0.2) is 60.8 Å². The predicted molar refractivity (Wildman–Crippen MR) is 66.5 cm³/mol. The highest BCUT2D eigenvalue weighted by atomic mass is 16.3. The average molecular weight is 226 g/mol. The molecule has 2 unspecified atom stereocenters. The monoisotopic (exact) mass is 226 g/mol. The Morgan fingerprint density at radius 2 is 1.88 bits per heavy atom. The van der Waals surface area contributed by atoms with E-state index >= 15 is 0 Å². The summed E-state index contributed by atoms with van der Waals surface area (Å²) >= 11 is 0. The topological polar surface area (TPSA) is 26.7 Å². The fourth-order valence-corrected chi connectivity index (χ4v) is 3.22. The van der Waals surface area contributed by atoms with E-state index in [1.165, 1.54) is 45.3 Å². The molecule has 2 rings (SSSR count). The van der Waals surface area contributed by atoms with Crippen molar-refractivity contribution < 1.29 is 5.11 Å². The minimum Gasteiger partial charge on any atom is -0.391 e. The molecule has 2 fully saturated rings. The van der Waals surface area contributed by atoms with Gasteiger partial charge in [-0.3, -0.25) is 0 Å². The van der Waals surface area contributed by atoms with Gasteiger partial charge in [0.15, 0.2) is 0 Å². The zero-order valence-electron chi connectivity index (χ0n) is 10.7. The van der Waals surface area contributed by atoms with Crippen LogP contribution in [0, 0.1) is 5.92 Å². The lowest BCUT2D eigenvalue weighted by Crippen LogP contribution is -2.42. The van der Waals surface area contributed by atoms with Crippen molar-refractivity contribution in [2.45, 2.75) is 44.2 Å². The van der Waals surface area contributed by atoms with Crippen molar-refractivity contribution in [1.29, 1.82) is 0 Å². The van der Waals surface area contributed by atoms with Crippen molar-refractivity contribution in [3.05, 3.63) is 0 Å². The number of likely N-dealkylation sites (tertiary alicyclic amines) is 1. The van der Waals surface area contributed by atoms with Gasteiger partial charge < -0.3 is 14.9 Å². The number of piperidine rings is 1. The van der Waals surface area contributed by atoms with Gasteiger partial charge in [0.2, 0.25) is 0 Å². The zero-order valence-corrected chi connectivity index (χ0v) is 10.7. The van der Waals surface area contributed by atoms with E-state index in [1.807, 2.05) is 0 Å². The van der Waals surface area contributed by atoms with Crippen molar-refractivity contribution in [1.82, 2.24) is 9.80 Å². The van der Waals surface area contributed by atoms with Crippen molar-refractivity contribution >= 4 is 0 Å². The van der Waals surface area contributed by atoms with Gasteiger partial charge in [0.25, 0.3) is 0 Å². The number of aliphatic hydroxyl groups is 1. The third-order valence-electron chi connectivity index (χ3n) is 4.39. The molecule has 3 nitrogen and oxygen atoms in total. The molecule has 16 heavy (non-hydrogen) atoms. The predicted octanol–water partition coefficient (Wildman–Crippen LogP) is 1.17. The molecule has 0 amide bonds. The molecule has 3 heteroatoms. The van der Waals surface area contributed by atoms with E-state index in [0.717, 1.165) is 12.3 Å². The highest BCUT2D eigenvalue weighted by Gasteiger charge is 2.30. The maximum Gasteiger partial charge on any atom is 0.0695 e. The molecule has 0 bridgehead atoms. The molecule has 2 atom stereocenters. The summed E-state index contributed by atoms with van der Waals surface area (Å²) in [6.07, 6.45) is 5.96. The van der Waals surface area contributed by atoms with E-state index in [2.05, 4.69) is 23.9 Å². The van der Waals surface area contributed by atoms with Crippen LogP contribution in [0.25, 0.3) is 0 Å². The average Bonchev–Trinajstić information content (AvgIpc) is 2.68. The maximum absolute atomic E-state index is 9.88. The summed E-state index contributed by atoms with van der Waals surface area (Å²) in [5.41, 5.74) is 0. The van der Waals surface area contributed by atoms with Gasteiger partial charge in [0.05, 0.1) is 6.10 Å². The molecular formula is C13H26N2O. The van der Waals surface area contributed by atoms with E-state index in [9.17, 15) is 5.11 Å². The van der Waals surface area contributed by atoms with Crippen molar-refractivity contribution in [3.8, 4) is 0 Å². The van der Waals surface area contributed by atoms with Gasteiger partial charge in [0.1, 0.15) is 0 Å². The van der Waals surface area contributed by atoms with E-state index < -0.39 is 0 Å². The molecule has 0 aromatic rings. The number of hydrogen-bond acceptors (Lipinski definition) is 3. The summed E-state index contributed by atoms with van der Waals surface area (Å²) < 4.78 is 0. The quantitative estimate of drug-likeness (QED) is 0.782. The Balaban J connectivity index is 1.76. The number of aliphatic hydroxyl groups excluding tert-OH is 1. The zero-order chi connectivity index (χ0) is 11.5. The number of nitrogens with zero attached hydrogens (tertiary/aromatic N) is 2. The molecule has 1 heterocycles. The standard InChI is InChI=1S/C13H26N2O/c1-14-8-6-11(7-9-14)10-15(2)12-4-3-5-13(12)16/h11-13,16H,3-10H2,1-2H3. The number of hydrogen-bond donors (Lipinski definition) is 1. The second-order valence-electron chi connectivity index (χ2n) is 5.75. The Morgan fingerprint density at radius 3 is 2.44 bits per heavy atom. The molecule has 0 aromatic heterocycles. The highest BCUT2D eigenvalue weighted by molar-refractivity contribution is 4.85. The van der Waals surface area contributed by atoms with Gasteiger partial charge >= 0.3 is 0 Å². The Labute approximate surface area is 99.4 Å². The highest BCUT2D eigenvalue weighted by Crippen LogP contribution is 2.25. The third kappa shape index (κ3) is 2.96. The first-order valence-corrected chi connectivity index (χ1v) is 6.73. The van der Waals surface area contributed by atoms with Crippen LogP contribution < -0.4 is 0 Å². The van der Waals surface area contributed by atoms with E-state index in [-0.39, 0.29) is 6.10 Å². The van der Waals surface area contributed by atoms with Gasteiger partial charge in [-0.15, -0.1) is 0 Å². The van der Waals surface area contributed by atoms with Crippen molar-refractivity contribution in [3.63, 3.8) is 0 Å². The normalized spacial score (nSPS) is 33.8. The molecular weight excluding hydrogens is 200 g/mol. The lowest BCUT2D eigenvalue weighted by Gasteiger charge is -2.34. The molecule has 1 saturated heterocycles. The Morgan fingerprint density at radius 1 is 1.19 bits per heavy atom. The molecule has 0 aromatic carbocycles. The second-order valence-corrected chi connectivity index (χ2v) is 5.75. The van der Waals surface area contributed by atoms with Gasteiger partial charge in [-0.25, -0.2) is 0 Å². The van der Waals surface area contributed by atoms with Crippen molar-refractivity contribution in [2.24, 2.45) is 5.92 Å². The largest absolute Gasteiger partial charge is 0.391 e. The summed E-state index contributed by atoms with van der Waals surface area (Å²) in [5.74, 6) is 0.842. The SMILES string of the molecule is CN1CCC(CN(C)C2CCCC2O)CC1. The summed E-state index contributed by atoms with van der Waals surface area (Å²) in [7, 11) is 4.40. The Kier molecular flexibility index (Phi) is 4.22. The third-order valence-corrected chi connectivity index (χ3v) is 4.39. The first-order chi connectivity index (χ1) is 7.66. The number of rotatable bonds is 3. The van der Waals surface area contributed by atoms with Gasteiger partial charge in [-0.1, -0.05) is 0 Å². The molecule has 94 valence electrons. The summed E-state index contributed by atoms with van der Waals surface area (Å²) in [4.78, 5) is 4.83. The van der Waals surface area contributed by atoms with Crippen LogP contribution in [0.4, 0.5) is 0 Å². The molecule has 2 aliphatic rings. The smallest absolute Gasteiger partial charge is 0.0695 e. The van der Waals surface area contributed by atoms with Crippen LogP contribution >= 0.6 is 0 Å². The van der Waals surface area contributed by atoms with Gasteiger partial charge in [0, 0.05) is 12.6 Å².